The number of halogens is 1. The van der Waals surface area contributed by atoms with Crippen molar-refractivity contribution >= 4 is 17.6 Å². The third-order valence-corrected chi connectivity index (χ3v) is 2.30. The lowest BCUT2D eigenvalue weighted by molar-refractivity contribution is -0.858. The number of benzene rings is 1. The molecule has 0 fully saturated rings. The number of carbonyl (C=O) groups excluding carboxylic acids is 1. The highest BCUT2D eigenvalue weighted by Gasteiger charge is 2.06. The molecule has 6 heteroatoms. The Morgan fingerprint density at radius 2 is 2.11 bits per heavy atom. The minimum absolute atomic E-state index is 0.0370. The van der Waals surface area contributed by atoms with Crippen LogP contribution in [0.15, 0.2) is 18.2 Å². The van der Waals surface area contributed by atoms with E-state index in [1.807, 2.05) is 14.1 Å². The van der Waals surface area contributed by atoms with Gasteiger partial charge in [-0.2, -0.15) is 0 Å². The van der Waals surface area contributed by atoms with Crippen LogP contribution in [-0.2, 0) is 0 Å². The van der Waals surface area contributed by atoms with E-state index in [0.717, 1.165) is 6.54 Å². The minimum atomic E-state index is -1.30. The fourth-order valence-electron chi connectivity index (χ4n) is 1.10. The van der Waals surface area contributed by atoms with E-state index >= 15 is 0 Å². The van der Waals surface area contributed by atoms with E-state index in [0.29, 0.717) is 6.61 Å². The second-order valence-electron chi connectivity index (χ2n) is 3.79. The van der Waals surface area contributed by atoms with Crippen LogP contribution in [0.4, 0.5) is 0 Å². The van der Waals surface area contributed by atoms with Crippen molar-refractivity contribution in [2.24, 2.45) is 0 Å². The largest absolute Gasteiger partial charge is 0.545 e. The van der Waals surface area contributed by atoms with Crippen LogP contribution in [0.5, 0.6) is 5.75 Å². The SMILES string of the molecule is COc1c(Cl)cccc1C(=O)[O-].C[NH+](C)CCO. The van der Waals surface area contributed by atoms with Crippen molar-refractivity contribution in [2.45, 2.75) is 0 Å². The van der Waals surface area contributed by atoms with Crippen molar-refractivity contribution in [2.75, 3.05) is 34.4 Å². The van der Waals surface area contributed by atoms with Gasteiger partial charge in [0, 0.05) is 5.56 Å². The quantitative estimate of drug-likeness (QED) is 0.727. The number of aromatic carboxylic acids is 1. The molecule has 18 heavy (non-hydrogen) atoms. The number of likely N-dealkylation sites (N-methyl/N-ethyl adjacent to an activating group) is 1. The van der Waals surface area contributed by atoms with Crippen molar-refractivity contribution in [1.82, 2.24) is 0 Å². The van der Waals surface area contributed by atoms with Crippen LogP contribution in [0.3, 0.4) is 0 Å². The first-order valence-electron chi connectivity index (χ1n) is 5.37. The molecule has 0 aliphatic rings. The predicted octanol–water partition coefficient (Wildman–Crippen LogP) is -1.16. The highest BCUT2D eigenvalue weighted by atomic mass is 35.5. The van der Waals surface area contributed by atoms with Crippen LogP contribution >= 0.6 is 11.6 Å². The number of aliphatic hydroxyl groups is 1. The number of ether oxygens (including phenoxy) is 1. The molecule has 1 aromatic rings. The average molecular weight is 276 g/mol. The normalized spacial score (nSPS) is 9.67. The van der Waals surface area contributed by atoms with E-state index < -0.39 is 5.97 Å². The number of carbonyl (C=O) groups is 1. The lowest BCUT2D eigenvalue weighted by Gasteiger charge is -2.09. The monoisotopic (exact) mass is 275 g/mol. The van der Waals surface area contributed by atoms with E-state index in [2.05, 4.69) is 0 Å². The third kappa shape index (κ3) is 5.86. The van der Waals surface area contributed by atoms with Gasteiger partial charge in [0.1, 0.15) is 12.3 Å². The highest BCUT2D eigenvalue weighted by Crippen LogP contribution is 2.27. The predicted molar refractivity (Wildman–Crippen MR) is 67.1 cm³/mol. The third-order valence-electron chi connectivity index (χ3n) is 2.00. The fourth-order valence-corrected chi connectivity index (χ4v) is 1.35. The number of hydrogen-bond acceptors (Lipinski definition) is 4. The van der Waals surface area contributed by atoms with E-state index in [4.69, 9.17) is 21.4 Å². The molecule has 0 unspecified atom stereocenters. The molecule has 0 atom stereocenters. The Hall–Kier alpha value is -1.30. The topological polar surface area (TPSA) is 74.0 Å². The number of carboxylic acids is 1. The van der Waals surface area contributed by atoms with Gasteiger partial charge in [-0.15, -0.1) is 0 Å². The van der Waals surface area contributed by atoms with Gasteiger partial charge >= 0.3 is 0 Å². The van der Waals surface area contributed by atoms with Crippen molar-refractivity contribution in [3.8, 4) is 5.75 Å². The molecule has 102 valence electrons. The summed E-state index contributed by atoms with van der Waals surface area (Å²) in [6.45, 7) is 1.14. The number of para-hydroxylation sites is 1. The van der Waals surface area contributed by atoms with Crippen molar-refractivity contribution in [3.63, 3.8) is 0 Å². The molecule has 0 aliphatic carbocycles. The zero-order valence-corrected chi connectivity index (χ0v) is 11.5. The van der Waals surface area contributed by atoms with Gasteiger partial charge < -0.3 is 24.6 Å². The summed E-state index contributed by atoms with van der Waals surface area (Å²) in [5.41, 5.74) is -0.0370. The number of hydrogen-bond donors (Lipinski definition) is 2. The minimum Gasteiger partial charge on any atom is -0.545 e. The van der Waals surface area contributed by atoms with Gasteiger partial charge in [0.25, 0.3) is 0 Å². The standard InChI is InChI=1S/C8H7ClO3.C4H11NO/c1-12-7-5(8(10)11)3-2-4-6(7)9;1-5(2)3-4-6/h2-4H,1H3,(H,10,11);6H,3-4H2,1-2H3. The first-order chi connectivity index (χ1) is 8.43. The Labute approximate surface area is 112 Å². The van der Waals surface area contributed by atoms with Crippen molar-refractivity contribution in [3.05, 3.63) is 28.8 Å². The summed E-state index contributed by atoms with van der Waals surface area (Å²) in [5.74, 6) is -1.16. The van der Waals surface area contributed by atoms with E-state index in [-0.39, 0.29) is 16.3 Å². The molecule has 1 aromatic carbocycles. The zero-order valence-electron chi connectivity index (χ0n) is 10.7. The summed E-state index contributed by atoms with van der Waals surface area (Å²) in [6.07, 6.45) is 0. The summed E-state index contributed by atoms with van der Waals surface area (Å²) in [6, 6.07) is 4.45. The van der Waals surface area contributed by atoms with Crippen molar-refractivity contribution in [1.29, 1.82) is 0 Å². The molecule has 0 radical (unpaired) electrons. The Kier molecular flexibility index (Phi) is 8.11. The number of rotatable bonds is 4. The number of quaternary nitrogens is 1. The van der Waals surface area contributed by atoms with E-state index in [1.54, 1.807) is 6.07 Å². The second kappa shape index (κ2) is 8.74. The van der Waals surface area contributed by atoms with Gasteiger partial charge in [0.05, 0.1) is 38.8 Å². The van der Waals surface area contributed by atoms with Crippen LogP contribution < -0.4 is 14.7 Å². The maximum Gasteiger partial charge on any atom is 0.146 e. The molecule has 1 rings (SSSR count). The lowest BCUT2D eigenvalue weighted by Crippen LogP contribution is -3.06. The molecule has 2 N–H and O–H groups in total. The summed E-state index contributed by atoms with van der Waals surface area (Å²) >= 11 is 5.66. The maximum absolute atomic E-state index is 10.5. The highest BCUT2D eigenvalue weighted by molar-refractivity contribution is 6.32. The summed E-state index contributed by atoms with van der Waals surface area (Å²) < 4.78 is 4.78. The molecule has 0 bridgehead atoms. The molecule has 0 aromatic heterocycles. The molecular formula is C12H18ClNO4. The number of aliphatic hydroxyl groups excluding tert-OH is 1. The van der Waals surface area contributed by atoms with Crippen molar-refractivity contribution < 1.29 is 24.6 Å². The van der Waals surface area contributed by atoms with Gasteiger partial charge in [-0.1, -0.05) is 17.7 Å². The number of nitrogens with one attached hydrogen (secondary N) is 1. The Morgan fingerprint density at radius 1 is 1.50 bits per heavy atom. The van der Waals surface area contributed by atoms with Crippen LogP contribution in [0, 0.1) is 0 Å². The number of methoxy groups -OCH3 is 1. The molecule has 0 spiro atoms. The van der Waals surface area contributed by atoms with E-state index in [1.165, 1.54) is 24.1 Å². The smallest absolute Gasteiger partial charge is 0.146 e. The van der Waals surface area contributed by atoms with Gasteiger partial charge in [0.2, 0.25) is 0 Å². The van der Waals surface area contributed by atoms with Crippen LogP contribution in [0.25, 0.3) is 0 Å². The zero-order chi connectivity index (χ0) is 14.1. The lowest BCUT2D eigenvalue weighted by atomic mass is 10.2. The number of carboxylic acid groups (broad SMARTS) is 1. The average Bonchev–Trinajstić information content (AvgIpc) is 2.29. The molecule has 0 saturated heterocycles. The molecule has 0 aliphatic heterocycles. The van der Waals surface area contributed by atoms with Gasteiger partial charge in [-0.05, 0) is 12.1 Å². The van der Waals surface area contributed by atoms with Crippen LogP contribution in [0.2, 0.25) is 5.02 Å². The fraction of sp³-hybridized carbons (Fsp3) is 0.417. The van der Waals surface area contributed by atoms with E-state index in [9.17, 15) is 9.90 Å². The molecule has 0 saturated carbocycles. The summed E-state index contributed by atoms with van der Waals surface area (Å²) in [7, 11) is 5.38. The van der Waals surface area contributed by atoms with Crippen LogP contribution in [0.1, 0.15) is 10.4 Å². The van der Waals surface area contributed by atoms with Gasteiger partial charge in [-0.25, -0.2) is 0 Å². The Bertz CT molecular complexity index is 382. The second-order valence-corrected chi connectivity index (χ2v) is 4.20. The molecule has 5 nitrogen and oxygen atoms in total. The first kappa shape index (κ1) is 16.7. The molecular weight excluding hydrogens is 258 g/mol. The molecule has 0 amide bonds. The molecule has 0 heterocycles. The van der Waals surface area contributed by atoms with Crippen LogP contribution in [-0.4, -0.2) is 45.4 Å². The summed E-state index contributed by atoms with van der Waals surface area (Å²) in [5, 5.41) is 19.0. The summed E-state index contributed by atoms with van der Waals surface area (Å²) in [4.78, 5) is 11.8. The Morgan fingerprint density at radius 3 is 2.39 bits per heavy atom. The van der Waals surface area contributed by atoms with Gasteiger partial charge in [-0.3, -0.25) is 0 Å². The maximum atomic E-state index is 10.5. The van der Waals surface area contributed by atoms with Gasteiger partial charge in [0.15, 0.2) is 0 Å². The first-order valence-corrected chi connectivity index (χ1v) is 5.75. The Balaban J connectivity index is 0.000000411.